The van der Waals surface area contributed by atoms with Crippen LogP contribution in [0.3, 0.4) is 0 Å². The lowest BCUT2D eigenvalue weighted by Gasteiger charge is -2.09. The molecule has 1 saturated carbocycles. The molecule has 0 amide bonds. The first-order chi connectivity index (χ1) is 9.71. The topological polar surface area (TPSA) is 47.0 Å². The van der Waals surface area contributed by atoms with Crippen LogP contribution < -0.4 is 10.1 Å². The molecule has 4 nitrogen and oxygen atoms in total. The minimum absolute atomic E-state index is 0.566. The van der Waals surface area contributed by atoms with E-state index in [1.54, 1.807) is 7.11 Å². The third kappa shape index (κ3) is 2.56. The molecule has 1 N–H and O–H groups in total. The number of halogens is 1. The Bertz CT molecular complexity index is 641. The number of nitrogens with one attached hydrogen (secondary N) is 1. The number of rotatable bonds is 4. The summed E-state index contributed by atoms with van der Waals surface area (Å²) in [5, 5.41) is 3.65. The number of hydrogen-bond acceptors (Lipinski definition) is 4. The zero-order valence-electron chi connectivity index (χ0n) is 11.5. The van der Waals surface area contributed by atoms with Gasteiger partial charge < -0.3 is 10.1 Å². The Hall–Kier alpha value is -1.81. The van der Waals surface area contributed by atoms with Crippen LogP contribution in [0.25, 0.3) is 11.4 Å². The summed E-state index contributed by atoms with van der Waals surface area (Å²) in [4.78, 5) is 9.17. The van der Waals surface area contributed by atoms with Crippen LogP contribution in [0, 0.1) is 0 Å². The number of benzene rings is 1. The summed E-state index contributed by atoms with van der Waals surface area (Å²) >= 11 is 6.17. The number of aromatic nitrogens is 2. The standard InChI is InChI=1S/C15H16ClN3O/c1-17-14-8-12(9-3-4-9)18-15(19-14)10-5-6-13(20-2)11(16)7-10/h5-9H,3-4H2,1-2H3,(H,17,18,19). The number of hydrogen-bond donors (Lipinski definition) is 1. The first-order valence-electron chi connectivity index (χ1n) is 6.62. The summed E-state index contributed by atoms with van der Waals surface area (Å²) in [5.74, 6) is 2.77. The monoisotopic (exact) mass is 289 g/mol. The summed E-state index contributed by atoms with van der Waals surface area (Å²) in [7, 11) is 3.47. The molecule has 1 aliphatic rings. The van der Waals surface area contributed by atoms with E-state index in [2.05, 4.69) is 15.3 Å². The summed E-state index contributed by atoms with van der Waals surface area (Å²) in [6.45, 7) is 0. The van der Waals surface area contributed by atoms with E-state index in [1.165, 1.54) is 12.8 Å². The van der Waals surface area contributed by atoms with Crippen LogP contribution in [0.15, 0.2) is 24.3 Å². The van der Waals surface area contributed by atoms with Gasteiger partial charge in [-0.3, -0.25) is 0 Å². The Labute approximate surface area is 123 Å². The maximum Gasteiger partial charge on any atom is 0.161 e. The van der Waals surface area contributed by atoms with Crippen LogP contribution in [0.1, 0.15) is 24.5 Å². The van der Waals surface area contributed by atoms with E-state index in [0.717, 1.165) is 17.1 Å². The highest BCUT2D eigenvalue weighted by Gasteiger charge is 2.26. The Balaban J connectivity index is 2.04. The maximum atomic E-state index is 6.17. The molecule has 104 valence electrons. The average molecular weight is 290 g/mol. The van der Waals surface area contributed by atoms with Crippen molar-refractivity contribution in [1.82, 2.24) is 9.97 Å². The van der Waals surface area contributed by atoms with E-state index in [-0.39, 0.29) is 0 Å². The fourth-order valence-corrected chi connectivity index (χ4v) is 2.37. The highest BCUT2D eigenvalue weighted by molar-refractivity contribution is 6.32. The molecule has 0 aliphatic heterocycles. The first-order valence-corrected chi connectivity index (χ1v) is 6.99. The van der Waals surface area contributed by atoms with Gasteiger partial charge in [-0.2, -0.15) is 0 Å². The van der Waals surface area contributed by atoms with E-state index < -0.39 is 0 Å². The molecule has 1 heterocycles. The molecular formula is C15H16ClN3O. The Morgan fingerprint density at radius 1 is 1.25 bits per heavy atom. The van der Waals surface area contributed by atoms with Crippen LogP contribution in [0.2, 0.25) is 5.02 Å². The van der Waals surface area contributed by atoms with Crippen molar-refractivity contribution in [2.24, 2.45) is 0 Å². The summed E-state index contributed by atoms with van der Waals surface area (Å²) in [5.41, 5.74) is 2.00. The lowest BCUT2D eigenvalue weighted by atomic mass is 10.2. The van der Waals surface area contributed by atoms with Gasteiger partial charge in [0.15, 0.2) is 5.82 Å². The van der Waals surface area contributed by atoms with Gasteiger partial charge in [-0.1, -0.05) is 11.6 Å². The second-order valence-corrected chi connectivity index (χ2v) is 5.28. The molecule has 3 rings (SSSR count). The third-order valence-corrected chi connectivity index (χ3v) is 3.70. The smallest absolute Gasteiger partial charge is 0.161 e. The van der Waals surface area contributed by atoms with Gasteiger partial charge in [-0.15, -0.1) is 0 Å². The van der Waals surface area contributed by atoms with Crippen molar-refractivity contribution < 1.29 is 4.74 Å². The minimum atomic E-state index is 0.566. The Morgan fingerprint density at radius 3 is 2.65 bits per heavy atom. The van der Waals surface area contributed by atoms with E-state index in [4.69, 9.17) is 16.3 Å². The second-order valence-electron chi connectivity index (χ2n) is 4.88. The van der Waals surface area contributed by atoms with Crippen LogP contribution in [-0.4, -0.2) is 24.1 Å². The van der Waals surface area contributed by atoms with Gasteiger partial charge in [0, 0.05) is 30.3 Å². The largest absolute Gasteiger partial charge is 0.495 e. The molecule has 1 aliphatic carbocycles. The molecule has 0 bridgehead atoms. The molecule has 5 heteroatoms. The molecule has 0 unspecified atom stereocenters. The lowest BCUT2D eigenvalue weighted by molar-refractivity contribution is 0.415. The summed E-state index contributed by atoms with van der Waals surface area (Å²) < 4.78 is 5.17. The van der Waals surface area contributed by atoms with Crippen molar-refractivity contribution in [1.29, 1.82) is 0 Å². The van der Waals surface area contributed by atoms with Crippen molar-refractivity contribution in [3.05, 3.63) is 35.0 Å². The van der Waals surface area contributed by atoms with E-state index in [1.807, 2.05) is 31.3 Å². The highest BCUT2D eigenvalue weighted by Crippen LogP contribution is 2.40. The van der Waals surface area contributed by atoms with Gasteiger partial charge in [0.1, 0.15) is 11.6 Å². The molecule has 1 aromatic heterocycles. The Morgan fingerprint density at radius 2 is 2.05 bits per heavy atom. The average Bonchev–Trinajstić information content (AvgIpc) is 3.31. The van der Waals surface area contributed by atoms with Crippen LogP contribution >= 0.6 is 11.6 Å². The summed E-state index contributed by atoms with van der Waals surface area (Å²) in [6, 6.07) is 7.62. The molecule has 20 heavy (non-hydrogen) atoms. The van der Waals surface area contributed by atoms with Crippen molar-refractivity contribution in [2.75, 3.05) is 19.5 Å². The molecule has 0 spiro atoms. The second kappa shape index (κ2) is 5.29. The van der Waals surface area contributed by atoms with Crippen molar-refractivity contribution in [3.63, 3.8) is 0 Å². The van der Waals surface area contributed by atoms with Gasteiger partial charge in [-0.05, 0) is 31.0 Å². The van der Waals surface area contributed by atoms with Gasteiger partial charge in [0.2, 0.25) is 0 Å². The van der Waals surface area contributed by atoms with Gasteiger partial charge in [0.05, 0.1) is 12.1 Å². The lowest BCUT2D eigenvalue weighted by Crippen LogP contribution is -2.00. The number of methoxy groups -OCH3 is 1. The SMILES string of the molecule is CNc1cc(C2CC2)nc(-c2ccc(OC)c(Cl)c2)n1. The van der Waals surface area contributed by atoms with E-state index in [9.17, 15) is 0 Å². The fraction of sp³-hybridized carbons (Fsp3) is 0.333. The Kier molecular flexibility index (Phi) is 3.49. The predicted octanol–water partition coefficient (Wildman–Crippen LogP) is 3.72. The van der Waals surface area contributed by atoms with Gasteiger partial charge in [0.25, 0.3) is 0 Å². The van der Waals surface area contributed by atoms with Crippen molar-refractivity contribution >= 4 is 17.4 Å². The molecule has 1 fully saturated rings. The van der Waals surface area contributed by atoms with Crippen molar-refractivity contribution in [3.8, 4) is 17.1 Å². The zero-order chi connectivity index (χ0) is 14.1. The number of anilines is 1. The fourth-order valence-electron chi connectivity index (χ4n) is 2.12. The first kappa shape index (κ1) is 13.2. The predicted molar refractivity (Wildman–Crippen MR) is 80.6 cm³/mol. The quantitative estimate of drug-likeness (QED) is 0.932. The van der Waals surface area contributed by atoms with Crippen LogP contribution in [-0.2, 0) is 0 Å². The maximum absolute atomic E-state index is 6.17. The van der Waals surface area contributed by atoms with Crippen LogP contribution in [0.4, 0.5) is 5.82 Å². The third-order valence-electron chi connectivity index (χ3n) is 3.41. The van der Waals surface area contributed by atoms with E-state index >= 15 is 0 Å². The highest BCUT2D eigenvalue weighted by atomic mass is 35.5. The molecule has 0 atom stereocenters. The van der Waals surface area contributed by atoms with E-state index in [0.29, 0.717) is 22.5 Å². The molecular weight excluding hydrogens is 274 g/mol. The molecule has 0 radical (unpaired) electrons. The number of nitrogens with zero attached hydrogens (tertiary/aromatic N) is 2. The van der Waals surface area contributed by atoms with Gasteiger partial charge in [-0.25, -0.2) is 9.97 Å². The molecule has 0 saturated heterocycles. The van der Waals surface area contributed by atoms with Gasteiger partial charge >= 0.3 is 0 Å². The van der Waals surface area contributed by atoms with Crippen molar-refractivity contribution in [2.45, 2.75) is 18.8 Å². The number of ether oxygens (including phenoxy) is 1. The molecule has 2 aromatic rings. The summed E-state index contributed by atoms with van der Waals surface area (Å²) in [6.07, 6.45) is 2.42. The van der Waals surface area contributed by atoms with Crippen LogP contribution in [0.5, 0.6) is 5.75 Å². The zero-order valence-corrected chi connectivity index (χ0v) is 12.2. The minimum Gasteiger partial charge on any atom is -0.495 e. The molecule has 1 aromatic carbocycles. The normalized spacial score (nSPS) is 14.2.